The number of aliphatic hydroxyl groups is 1. The molecular weight excluding hydrogens is 212 g/mol. The zero-order valence-corrected chi connectivity index (χ0v) is 9.93. The first kappa shape index (κ1) is 10.5. The van der Waals surface area contributed by atoms with Gasteiger partial charge in [0.05, 0.1) is 11.1 Å². The molecule has 1 aromatic carbocycles. The predicted octanol–water partition coefficient (Wildman–Crippen LogP) is 2.20. The van der Waals surface area contributed by atoms with Crippen molar-refractivity contribution in [1.29, 1.82) is 0 Å². The Morgan fingerprint density at radius 2 is 2.00 bits per heavy atom. The second-order valence-corrected chi connectivity index (χ2v) is 4.80. The lowest BCUT2D eigenvalue weighted by atomic mass is 9.91. The molecule has 1 aliphatic rings. The molecule has 1 N–H and O–H groups in total. The molecule has 3 nitrogen and oxygen atoms in total. The highest BCUT2D eigenvalue weighted by atomic mass is 16.3. The van der Waals surface area contributed by atoms with Crippen LogP contribution >= 0.6 is 0 Å². The smallest absolute Gasteiger partial charge is 0.129 e. The molecule has 2 heterocycles. The highest BCUT2D eigenvalue weighted by Gasteiger charge is 2.39. The lowest BCUT2D eigenvalue weighted by Crippen LogP contribution is -2.61. The van der Waals surface area contributed by atoms with Crippen LogP contribution in [0.25, 0.3) is 10.9 Å². The summed E-state index contributed by atoms with van der Waals surface area (Å²) < 4.78 is 0. The summed E-state index contributed by atoms with van der Waals surface area (Å²) in [6, 6.07) is 12.2. The fourth-order valence-electron chi connectivity index (χ4n) is 2.28. The molecule has 1 fully saturated rings. The van der Waals surface area contributed by atoms with E-state index in [0.29, 0.717) is 13.1 Å². The van der Waals surface area contributed by atoms with Gasteiger partial charge in [0.1, 0.15) is 5.82 Å². The molecule has 1 saturated heterocycles. The summed E-state index contributed by atoms with van der Waals surface area (Å²) in [5.74, 6) is 0.960. The van der Waals surface area contributed by atoms with E-state index >= 15 is 0 Å². The minimum absolute atomic E-state index is 0.507. The Labute approximate surface area is 101 Å². The van der Waals surface area contributed by atoms with Gasteiger partial charge in [-0.1, -0.05) is 25.1 Å². The molecule has 0 aliphatic carbocycles. The Morgan fingerprint density at radius 3 is 2.76 bits per heavy atom. The molecule has 3 rings (SSSR count). The topological polar surface area (TPSA) is 36.4 Å². The highest BCUT2D eigenvalue weighted by Crippen LogP contribution is 2.29. The lowest BCUT2D eigenvalue weighted by Gasteiger charge is -2.46. The van der Waals surface area contributed by atoms with Gasteiger partial charge in [-0.25, -0.2) is 4.98 Å². The molecule has 0 unspecified atom stereocenters. The van der Waals surface area contributed by atoms with Crippen molar-refractivity contribution in [2.75, 3.05) is 18.0 Å². The zero-order valence-electron chi connectivity index (χ0n) is 9.93. The first-order chi connectivity index (χ1) is 8.20. The van der Waals surface area contributed by atoms with Gasteiger partial charge in [-0.2, -0.15) is 0 Å². The second-order valence-electron chi connectivity index (χ2n) is 4.80. The maximum Gasteiger partial charge on any atom is 0.129 e. The third kappa shape index (κ3) is 1.76. The summed E-state index contributed by atoms with van der Waals surface area (Å²) in [6.07, 6.45) is 0.803. The van der Waals surface area contributed by atoms with Crippen LogP contribution in [0.3, 0.4) is 0 Å². The lowest BCUT2D eigenvalue weighted by molar-refractivity contribution is 0.00810. The highest BCUT2D eigenvalue weighted by molar-refractivity contribution is 5.80. The van der Waals surface area contributed by atoms with E-state index in [1.807, 2.05) is 31.2 Å². The van der Waals surface area contributed by atoms with E-state index in [4.69, 9.17) is 0 Å². The summed E-state index contributed by atoms with van der Waals surface area (Å²) >= 11 is 0. The van der Waals surface area contributed by atoms with Crippen LogP contribution in [0.2, 0.25) is 0 Å². The number of hydrogen-bond donors (Lipinski definition) is 1. The first-order valence-corrected chi connectivity index (χ1v) is 6.03. The summed E-state index contributed by atoms with van der Waals surface area (Å²) in [6.45, 7) is 3.40. The fourth-order valence-corrected chi connectivity index (χ4v) is 2.28. The number of aromatic nitrogens is 1. The molecule has 88 valence electrons. The van der Waals surface area contributed by atoms with Crippen LogP contribution in [0.5, 0.6) is 0 Å². The third-order valence-corrected chi connectivity index (χ3v) is 3.54. The minimum atomic E-state index is -0.507. The number of para-hydroxylation sites is 1. The van der Waals surface area contributed by atoms with Crippen LogP contribution in [0.1, 0.15) is 13.3 Å². The summed E-state index contributed by atoms with van der Waals surface area (Å²) in [5, 5.41) is 11.1. The van der Waals surface area contributed by atoms with Crippen molar-refractivity contribution >= 4 is 16.7 Å². The van der Waals surface area contributed by atoms with Gasteiger partial charge in [0, 0.05) is 18.5 Å². The number of hydrogen-bond acceptors (Lipinski definition) is 3. The van der Waals surface area contributed by atoms with Crippen molar-refractivity contribution in [2.45, 2.75) is 18.9 Å². The molecule has 3 heteroatoms. The van der Waals surface area contributed by atoms with Crippen molar-refractivity contribution in [3.63, 3.8) is 0 Å². The molecule has 1 aromatic heterocycles. The molecule has 1 aliphatic heterocycles. The van der Waals surface area contributed by atoms with Crippen molar-refractivity contribution in [1.82, 2.24) is 4.98 Å². The van der Waals surface area contributed by atoms with Gasteiger partial charge >= 0.3 is 0 Å². The summed E-state index contributed by atoms with van der Waals surface area (Å²) in [4.78, 5) is 6.73. The maximum absolute atomic E-state index is 9.99. The average molecular weight is 228 g/mol. The number of benzene rings is 1. The molecular formula is C14H16N2O. The van der Waals surface area contributed by atoms with E-state index in [0.717, 1.165) is 23.1 Å². The molecule has 0 amide bonds. The largest absolute Gasteiger partial charge is 0.386 e. The number of anilines is 1. The summed E-state index contributed by atoms with van der Waals surface area (Å²) in [7, 11) is 0. The van der Waals surface area contributed by atoms with Crippen molar-refractivity contribution < 1.29 is 5.11 Å². The predicted molar refractivity (Wildman–Crippen MR) is 69.2 cm³/mol. The van der Waals surface area contributed by atoms with Crippen molar-refractivity contribution in [2.24, 2.45) is 0 Å². The maximum atomic E-state index is 9.99. The molecule has 0 bridgehead atoms. The van der Waals surface area contributed by atoms with Gasteiger partial charge in [-0.15, -0.1) is 0 Å². The van der Waals surface area contributed by atoms with Gasteiger partial charge in [0.15, 0.2) is 0 Å². The van der Waals surface area contributed by atoms with E-state index in [-0.39, 0.29) is 0 Å². The molecule has 0 atom stereocenters. The molecule has 0 spiro atoms. The van der Waals surface area contributed by atoms with Crippen molar-refractivity contribution in [3.05, 3.63) is 36.4 Å². The first-order valence-electron chi connectivity index (χ1n) is 6.03. The number of rotatable bonds is 2. The number of pyridine rings is 1. The zero-order chi connectivity index (χ0) is 11.9. The third-order valence-electron chi connectivity index (χ3n) is 3.54. The SMILES string of the molecule is CCC1(O)CN(c2ccc3ccccc3n2)C1. The standard InChI is InChI=1S/C14H16N2O/c1-2-14(17)9-16(10-14)13-8-7-11-5-3-4-6-12(11)15-13/h3-8,17H,2,9-10H2,1H3. The molecule has 2 aromatic rings. The quantitative estimate of drug-likeness (QED) is 0.856. The minimum Gasteiger partial charge on any atom is -0.386 e. The van der Waals surface area contributed by atoms with Crippen LogP contribution in [-0.2, 0) is 0 Å². The average Bonchev–Trinajstić information content (AvgIpc) is 2.34. The van der Waals surface area contributed by atoms with E-state index in [9.17, 15) is 5.11 Å². The Balaban J connectivity index is 1.88. The molecule has 17 heavy (non-hydrogen) atoms. The Kier molecular flexibility index (Phi) is 2.30. The van der Waals surface area contributed by atoms with Crippen LogP contribution in [0.4, 0.5) is 5.82 Å². The normalized spacial score (nSPS) is 18.1. The molecule has 0 saturated carbocycles. The van der Waals surface area contributed by atoms with Crippen LogP contribution in [0.15, 0.2) is 36.4 Å². The summed E-state index contributed by atoms with van der Waals surface area (Å²) in [5.41, 5.74) is 0.504. The Hall–Kier alpha value is -1.61. The van der Waals surface area contributed by atoms with Gasteiger partial charge < -0.3 is 10.0 Å². The fraction of sp³-hybridized carbons (Fsp3) is 0.357. The van der Waals surface area contributed by atoms with Crippen LogP contribution < -0.4 is 4.90 Å². The van der Waals surface area contributed by atoms with Gasteiger partial charge in [-0.05, 0) is 24.6 Å². The molecule has 0 radical (unpaired) electrons. The van der Waals surface area contributed by atoms with E-state index in [1.54, 1.807) is 0 Å². The van der Waals surface area contributed by atoms with E-state index in [2.05, 4.69) is 22.0 Å². The second kappa shape index (κ2) is 3.70. The van der Waals surface area contributed by atoms with E-state index < -0.39 is 5.60 Å². The van der Waals surface area contributed by atoms with Crippen LogP contribution in [0, 0.1) is 0 Å². The number of β-amino-alcohol motifs (C(OH)–C–C–N with tert-alkyl or cyclic N) is 1. The Morgan fingerprint density at radius 1 is 1.24 bits per heavy atom. The van der Waals surface area contributed by atoms with Gasteiger partial charge in [0.2, 0.25) is 0 Å². The monoisotopic (exact) mass is 228 g/mol. The van der Waals surface area contributed by atoms with Crippen molar-refractivity contribution in [3.8, 4) is 0 Å². The van der Waals surface area contributed by atoms with Gasteiger partial charge in [0.25, 0.3) is 0 Å². The van der Waals surface area contributed by atoms with E-state index in [1.165, 1.54) is 0 Å². The Bertz CT molecular complexity index is 547. The number of nitrogens with zero attached hydrogens (tertiary/aromatic N) is 2. The van der Waals surface area contributed by atoms with Crippen LogP contribution in [-0.4, -0.2) is 28.8 Å². The van der Waals surface area contributed by atoms with Gasteiger partial charge in [-0.3, -0.25) is 0 Å². The number of fused-ring (bicyclic) bond motifs is 1.